The van der Waals surface area contributed by atoms with Crippen molar-refractivity contribution in [3.05, 3.63) is 65.7 Å². The predicted octanol–water partition coefficient (Wildman–Crippen LogP) is 4.14. The molecule has 136 valence electrons. The number of rotatable bonds is 5. The molecule has 0 aliphatic carbocycles. The van der Waals surface area contributed by atoms with Crippen molar-refractivity contribution in [2.24, 2.45) is 7.05 Å². The molecule has 2 aromatic heterocycles. The Hall–Kier alpha value is -3.02. The van der Waals surface area contributed by atoms with E-state index in [0.717, 1.165) is 5.75 Å². The van der Waals surface area contributed by atoms with Crippen molar-refractivity contribution in [3.8, 4) is 5.75 Å². The van der Waals surface area contributed by atoms with Crippen LogP contribution in [0.3, 0.4) is 0 Å². The van der Waals surface area contributed by atoms with E-state index in [1.807, 2.05) is 12.1 Å². The molecule has 6 heteroatoms. The van der Waals surface area contributed by atoms with Gasteiger partial charge in [0.05, 0.1) is 0 Å². The van der Waals surface area contributed by atoms with Gasteiger partial charge in [-0.2, -0.15) is 5.10 Å². The zero-order valence-corrected chi connectivity index (χ0v) is 15.4. The van der Waals surface area contributed by atoms with Gasteiger partial charge in [-0.05, 0) is 35.2 Å². The summed E-state index contributed by atoms with van der Waals surface area (Å²) in [5.41, 5.74) is 1.35. The first-order valence-electron chi connectivity index (χ1n) is 8.44. The van der Waals surface area contributed by atoms with Crippen molar-refractivity contribution in [3.63, 3.8) is 0 Å². The second-order valence-corrected chi connectivity index (χ2v) is 7.16. The average Bonchev–Trinajstić information content (AvgIpc) is 3.21. The van der Waals surface area contributed by atoms with Crippen molar-refractivity contribution in [1.82, 2.24) is 9.78 Å². The van der Waals surface area contributed by atoms with Gasteiger partial charge in [-0.15, -0.1) is 0 Å². The van der Waals surface area contributed by atoms with Crippen LogP contribution in [0.25, 0.3) is 0 Å². The van der Waals surface area contributed by atoms with Crippen LogP contribution >= 0.6 is 0 Å². The molecule has 1 aromatic carbocycles. The summed E-state index contributed by atoms with van der Waals surface area (Å²) in [5, 5.41) is 6.78. The number of carbonyl (C=O) groups is 1. The highest BCUT2D eigenvalue weighted by molar-refractivity contribution is 6.01. The summed E-state index contributed by atoms with van der Waals surface area (Å²) in [4.78, 5) is 12.1. The number of aromatic nitrogens is 2. The molecule has 0 spiro atoms. The van der Waals surface area contributed by atoms with Crippen LogP contribution in [0.5, 0.6) is 5.75 Å². The minimum Gasteiger partial charge on any atom is -0.486 e. The first-order valence-corrected chi connectivity index (χ1v) is 8.44. The second kappa shape index (κ2) is 7.07. The Labute approximate surface area is 152 Å². The van der Waals surface area contributed by atoms with Crippen LogP contribution in [-0.2, 0) is 19.1 Å². The molecule has 0 radical (unpaired) electrons. The SMILES string of the molecule is Cn1ccc(NC(=O)c2ccc(COc3ccc(C(C)(C)C)cc3)o2)n1. The third-order valence-corrected chi connectivity index (χ3v) is 3.94. The van der Waals surface area contributed by atoms with Crippen LogP contribution in [0.1, 0.15) is 42.6 Å². The van der Waals surface area contributed by atoms with E-state index < -0.39 is 0 Å². The van der Waals surface area contributed by atoms with E-state index in [1.165, 1.54) is 5.56 Å². The molecular weight excluding hydrogens is 330 g/mol. The molecule has 3 rings (SSSR count). The Morgan fingerprint density at radius 1 is 1.15 bits per heavy atom. The fourth-order valence-electron chi connectivity index (χ4n) is 2.44. The summed E-state index contributed by atoms with van der Waals surface area (Å²) in [6.07, 6.45) is 1.75. The number of hydrogen-bond acceptors (Lipinski definition) is 4. The van der Waals surface area contributed by atoms with E-state index >= 15 is 0 Å². The van der Waals surface area contributed by atoms with Crippen molar-refractivity contribution >= 4 is 11.7 Å². The first kappa shape index (κ1) is 17.8. The minimum absolute atomic E-state index is 0.107. The van der Waals surface area contributed by atoms with Gasteiger partial charge in [-0.3, -0.25) is 9.48 Å². The minimum atomic E-state index is -0.343. The Balaban J connectivity index is 1.57. The maximum atomic E-state index is 12.1. The zero-order valence-electron chi connectivity index (χ0n) is 15.4. The average molecular weight is 353 g/mol. The Bertz CT molecular complexity index is 886. The van der Waals surface area contributed by atoms with Gasteiger partial charge in [0.2, 0.25) is 0 Å². The lowest BCUT2D eigenvalue weighted by Crippen LogP contribution is -2.11. The third kappa shape index (κ3) is 4.33. The molecule has 3 aromatic rings. The lowest BCUT2D eigenvalue weighted by Gasteiger charge is -2.19. The molecule has 1 N–H and O–H groups in total. The zero-order chi connectivity index (χ0) is 18.7. The summed E-state index contributed by atoms with van der Waals surface area (Å²) >= 11 is 0. The number of hydrogen-bond donors (Lipinski definition) is 1. The first-order chi connectivity index (χ1) is 12.3. The predicted molar refractivity (Wildman–Crippen MR) is 99.3 cm³/mol. The molecule has 0 saturated heterocycles. The molecule has 0 saturated carbocycles. The normalized spacial score (nSPS) is 11.4. The number of ether oxygens (including phenoxy) is 1. The van der Waals surface area contributed by atoms with Crippen LogP contribution < -0.4 is 10.1 Å². The van der Waals surface area contributed by atoms with E-state index in [4.69, 9.17) is 9.15 Å². The van der Waals surface area contributed by atoms with Gasteiger partial charge in [0.1, 0.15) is 18.1 Å². The van der Waals surface area contributed by atoms with Gasteiger partial charge in [0, 0.05) is 19.3 Å². The van der Waals surface area contributed by atoms with Gasteiger partial charge in [0.15, 0.2) is 11.6 Å². The van der Waals surface area contributed by atoms with Crippen LogP contribution in [0, 0.1) is 0 Å². The number of amides is 1. The van der Waals surface area contributed by atoms with Crippen molar-refractivity contribution in [1.29, 1.82) is 0 Å². The lowest BCUT2D eigenvalue weighted by molar-refractivity contribution is 0.0992. The van der Waals surface area contributed by atoms with Crippen LogP contribution in [0.2, 0.25) is 0 Å². The highest BCUT2D eigenvalue weighted by atomic mass is 16.5. The van der Waals surface area contributed by atoms with Gasteiger partial charge in [0.25, 0.3) is 5.91 Å². The number of nitrogens with one attached hydrogen (secondary N) is 1. The van der Waals surface area contributed by atoms with E-state index in [2.05, 4.69) is 43.3 Å². The van der Waals surface area contributed by atoms with E-state index in [9.17, 15) is 4.79 Å². The number of furan rings is 1. The quantitative estimate of drug-likeness (QED) is 0.748. The van der Waals surface area contributed by atoms with Gasteiger partial charge in [-0.1, -0.05) is 32.9 Å². The van der Waals surface area contributed by atoms with Gasteiger partial charge < -0.3 is 14.5 Å². The molecule has 0 aliphatic heterocycles. The Morgan fingerprint density at radius 2 is 1.88 bits per heavy atom. The molecular formula is C20H23N3O3. The number of nitrogens with zero attached hydrogens (tertiary/aromatic N) is 2. The fourth-order valence-corrected chi connectivity index (χ4v) is 2.44. The van der Waals surface area contributed by atoms with Crippen molar-refractivity contribution < 1.29 is 13.9 Å². The summed E-state index contributed by atoms with van der Waals surface area (Å²) in [6.45, 7) is 6.77. The van der Waals surface area contributed by atoms with Crippen molar-refractivity contribution in [2.45, 2.75) is 32.8 Å². The van der Waals surface area contributed by atoms with Crippen LogP contribution in [-0.4, -0.2) is 15.7 Å². The van der Waals surface area contributed by atoms with E-state index in [1.54, 1.807) is 36.1 Å². The maximum Gasteiger partial charge on any atom is 0.292 e. The third-order valence-electron chi connectivity index (χ3n) is 3.94. The van der Waals surface area contributed by atoms with E-state index in [0.29, 0.717) is 11.6 Å². The molecule has 6 nitrogen and oxygen atoms in total. The van der Waals surface area contributed by atoms with Crippen LogP contribution in [0.15, 0.2) is 53.1 Å². The van der Waals surface area contributed by atoms with E-state index in [-0.39, 0.29) is 23.7 Å². The molecule has 0 aliphatic rings. The lowest BCUT2D eigenvalue weighted by atomic mass is 9.87. The second-order valence-electron chi connectivity index (χ2n) is 7.16. The highest BCUT2D eigenvalue weighted by Crippen LogP contribution is 2.24. The fraction of sp³-hybridized carbons (Fsp3) is 0.300. The van der Waals surface area contributed by atoms with Crippen molar-refractivity contribution in [2.75, 3.05) is 5.32 Å². The summed E-state index contributed by atoms with van der Waals surface area (Å²) in [7, 11) is 1.78. The summed E-state index contributed by atoms with van der Waals surface area (Å²) in [5.74, 6) is 1.69. The monoisotopic (exact) mass is 353 g/mol. The molecule has 0 unspecified atom stereocenters. The molecule has 0 bridgehead atoms. The van der Waals surface area contributed by atoms with Crippen LogP contribution in [0.4, 0.5) is 5.82 Å². The Morgan fingerprint density at radius 3 is 2.50 bits per heavy atom. The summed E-state index contributed by atoms with van der Waals surface area (Å²) in [6, 6.07) is 13.1. The molecule has 1 amide bonds. The molecule has 26 heavy (non-hydrogen) atoms. The number of carbonyl (C=O) groups excluding carboxylic acids is 1. The molecule has 0 atom stereocenters. The standard InChI is InChI=1S/C20H23N3O3/c1-20(2,3)14-5-7-15(8-6-14)25-13-16-9-10-17(26-16)19(24)21-18-11-12-23(4)22-18/h5-12H,13H2,1-4H3,(H,21,22,24). The van der Waals surface area contributed by atoms with Gasteiger partial charge >= 0.3 is 0 Å². The smallest absolute Gasteiger partial charge is 0.292 e. The maximum absolute atomic E-state index is 12.1. The number of anilines is 1. The topological polar surface area (TPSA) is 69.3 Å². The molecule has 0 fully saturated rings. The Kier molecular flexibility index (Phi) is 4.84. The highest BCUT2D eigenvalue weighted by Gasteiger charge is 2.14. The number of benzene rings is 1. The largest absolute Gasteiger partial charge is 0.486 e. The summed E-state index contributed by atoms with van der Waals surface area (Å²) < 4.78 is 12.9. The molecule has 2 heterocycles. The van der Waals surface area contributed by atoms with Gasteiger partial charge in [-0.25, -0.2) is 0 Å². The number of aryl methyl sites for hydroxylation is 1.